The minimum atomic E-state index is -0.575. The summed E-state index contributed by atoms with van der Waals surface area (Å²) in [5, 5.41) is 3.91. The molecule has 0 aromatic heterocycles. The van der Waals surface area contributed by atoms with E-state index < -0.39 is 5.54 Å². The van der Waals surface area contributed by atoms with Gasteiger partial charge in [0, 0.05) is 11.3 Å². The molecule has 0 aliphatic rings. The molecule has 3 N–H and O–H groups in total. The van der Waals surface area contributed by atoms with E-state index in [1.807, 2.05) is 32.5 Å². The Labute approximate surface area is 104 Å². The first-order chi connectivity index (χ1) is 7.31. The van der Waals surface area contributed by atoms with Crippen LogP contribution in [-0.4, -0.2) is 28.5 Å². The van der Waals surface area contributed by atoms with E-state index in [4.69, 9.17) is 5.73 Å². The van der Waals surface area contributed by atoms with Crippen LogP contribution in [0.5, 0.6) is 0 Å². The normalized spacial score (nSPS) is 17.1. The number of primary amides is 1. The SMILES string of the molecule is CCC(C)SCCC(C)(NC(C)C)C(N)=O. The van der Waals surface area contributed by atoms with Gasteiger partial charge in [0.15, 0.2) is 0 Å². The van der Waals surface area contributed by atoms with Crippen molar-refractivity contribution < 1.29 is 4.79 Å². The first kappa shape index (κ1) is 15.8. The molecule has 96 valence electrons. The summed E-state index contributed by atoms with van der Waals surface area (Å²) in [7, 11) is 0. The fraction of sp³-hybridized carbons (Fsp3) is 0.917. The molecule has 0 saturated heterocycles. The summed E-state index contributed by atoms with van der Waals surface area (Å²) < 4.78 is 0. The first-order valence-corrected chi connectivity index (χ1v) is 7.06. The highest BCUT2D eigenvalue weighted by Crippen LogP contribution is 2.19. The topological polar surface area (TPSA) is 55.1 Å². The summed E-state index contributed by atoms with van der Waals surface area (Å²) in [6.45, 7) is 10.3. The van der Waals surface area contributed by atoms with E-state index in [1.165, 1.54) is 0 Å². The Morgan fingerprint density at radius 1 is 1.44 bits per heavy atom. The second kappa shape index (κ2) is 7.17. The van der Waals surface area contributed by atoms with Gasteiger partial charge in [0.1, 0.15) is 0 Å². The van der Waals surface area contributed by atoms with E-state index in [2.05, 4.69) is 19.2 Å². The summed E-state index contributed by atoms with van der Waals surface area (Å²) in [5.74, 6) is 0.708. The highest BCUT2D eigenvalue weighted by molar-refractivity contribution is 7.99. The minimum Gasteiger partial charge on any atom is -0.368 e. The highest BCUT2D eigenvalue weighted by Gasteiger charge is 2.30. The summed E-state index contributed by atoms with van der Waals surface area (Å²) >= 11 is 1.90. The van der Waals surface area contributed by atoms with E-state index in [0.717, 1.165) is 18.6 Å². The number of carbonyl (C=O) groups excluding carboxylic acids is 1. The Morgan fingerprint density at radius 3 is 2.38 bits per heavy atom. The third-order valence-corrected chi connectivity index (χ3v) is 4.07. The van der Waals surface area contributed by atoms with Crippen molar-refractivity contribution in [2.75, 3.05) is 5.75 Å². The van der Waals surface area contributed by atoms with Gasteiger partial charge >= 0.3 is 0 Å². The Kier molecular flexibility index (Phi) is 7.07. The van der Waals surface area contributed by atoms with Crippen molar-refractivity contribution in [3.8, 4) is 0 Å². The zero-order chi connectivity index (χ0) is 12.8. The fourth-order valence-corrected chi connectivity index (χ4v) is 2.65. The maximum Gasteiger partial charge on any atom is 0.237 e. The standard InChI is InChI=1S/C12H26N2OS/c1-6-10(4)16-8-7-12(5,11(13)15)14-9(2)3/h9-10,14H,6-8H2,1-5H3,(H2,13,15). The number of nitrogens with one attached hydrogen (secondary N) is 1. The predicted octanol–water partition coefficient (Wildman–Crippen LogP) is 2.15. The number of nitrogens with two attached hydrogens (primary N) is 1. The molecule has 2 unspecified atom stereocenters. The Hall–Kier alpha value is -0.220. The highest BCUT2D eigenvalue weighted by atomic mass is 32.2. The molecule has 4 heteroatoms. The second-order valence-electron chi connectivity index (χ2n) is 4.84. The lowest BCUT2D eigenvalue weighted by molar-refractivity contribution is -0.124. The average molecular weight is 246 g/mol. The van der Waals surface area contributed by atoms with Gasteiger partial charge in [-0.3, -0.25) is 4.79 Å². The van der Waals surface area contributed by atoms with Crippen LogP contribution < -0.4 is 11.1 Å². The lowest BCUT2D eigenvalue weighted by Crippen LogP contribution is -2.55. The molecule has 16 heavy (non-hydrogen) atoms. The van der Waals surface area contributed by atoms with Crippen molar-refractivity contribution in [2.45, 2.75) is 64.3 Å². The van der Waals surface area contributed by atoms with E-state index in [9.17, 15) is 4.79 Å². The number of thioether (sulfide) groups is 1. The molecule has 0 radical (unpaired) electrons. The third kappa shape index (κ3) is 5.75. The lowest BCUT2D eigenvalue weighted by Gasteiger charge is -2.30. The van der Waals surface area contributed by atoms with Crippen LogP contribution in [0.1, 0.15) is 47.5 Å². The van der Waals surface area contributed by atoms with Crippen LogP contribution in [-0.2, 0) is 4.79 Å². The van der Waals surface area contributed by atoms with Gasteiger partial charge in [-0.05, 0) is 39.4 Å². The summed E-state index contributed by atoms with van der Waals surface area (Å²) in [6, 6.07) is 0.270. The summed E-state index contributed by atoms with van der Waals surface area (Å²) in [4.78, 5) is 11.5. The number of hydrogen-bond donors (Lipinski definition) is 2. The number of amides is 1. The Morgan fingerprint density at radius 2 is 2.00 bits per heavy atom. The summed E-state index contributed by atoms with van der Waals surface area (Å²) in [6.07, 6.45) is 1.95. The van der Waals surface area contributed by atoms with Gasteiger partial charge in [0.25, 0.3) is 0 Å². The van der Waals surface area contributed by atoms with Crippen molar-refractivity contribution in [3.63, 3.8) is 0 Å². The summed E-state index contributed by atoms with van der Waals surface area (Å²) in [5.41, 5.74) is 4.88. The molecule has 0 heterocycles. The van der Waals surface area contributed by atoms with Crippen molar-refractivity contribution in [1.82, 2.24) is 5.32 Å². The Bertz CT molecular complexity index is 221. The maximum absolute atomic E-state index is 11.5. The first-order valence-electron chi connectivity index (χ1n) is 6.01. The maximum atomic E-state index is 11.5. The van der Waals surface area contributed by atoms with E-state index in [0.29, 0.717) is 5.25 Å². The van der Waals surface area contributed by atoms with Gasteiger partial charge in [-0.15, -0.1) is 0 Å². The lowest BCUT2D eigenvalue weighted by atomic mass is 9.97. The van der Waals surface area contributed by atoms with E-state index >= 15 is 0 Å². The molecule has 3 nitrogen and oxygen atoms in total. The van der Waals surface area contributed by atoms with Gasteiger partial charge in [-0.1, -0.05) is 13.8 Å². The molecular formula is C12H26N2OS. The molecule has 0 fully saturated rings. The van der Waals surface area contributed by atoms with E-state index in [1.54, 1.807) is 0 Å². The van der Waals surface area contributed by atoms with Crippen molar-refractivity contribution in [1.29, 1.82) is 0 Å². The largest absolute Gasteiger partial charge is 0.368 e. The van der Waals surface area contributed by atoms with Crippen molar-refractivity contribution >= 4 is 17.7 Å². The van der Waals surface area contributed by atoms with Crippen LogP contribution in [0.3, 0.4) is 0 Å². The zero-order valence-electron chi connectivity index (χ0n) is 11.2. The molecule has 0 aromatic carbocycles. The molecular weight excluding hydrogens is 220 g/mol. The average Bonchev–Trinajstić information content (AvgIpc) is 2.16. The molecule has 0 spiro atoms. The monoisotopic (exact) mass is 246 g/mol. The second-order valence-corrected chi connectivity index (χ2v) is 6.38. The van der Waals surface area contributed by atoms with Crippen molar-refractivity contribution in [3.05, 3.63) is 0 Å². The minimum absolute atomic E-state index is 0.258. The molecule has 1 amide bonds. The van der Waals surface area contributed by atoms with Crippen LogP contribution in [0.2, 0.25) is 0 Å². The molecule has 0 rings (SSSR count). The zero-order valence-corrected chi connectivity index (χ0v) is 12.0. The van der Waals surface area contributed by atoms with Crippen LogP contribution in [0.15, 0.2) is 0 Å². The number of rotatable bonds is 8. The molecule has 0 aliphatic heterocycles. The van der Waals surface area contributed by atoms with Gasteiger partial charge in [-0.25, -0.2) is 0 Å². The van der Waals surface area contributed by atoms with Gasteiger partial charge < -0.3 is 11.1 Å². The molecule has 0 aromatic rings. The molecule has 2 atom stereocenters. The predicted molar refractivity (Wildman–Crippen MR) is 72.7 cm³/mol. The van der Waals surface area contributed by atoms with Gasteiger partial charge in [-0.2, -0.15) is 11.8 Å². The van der Waals surface area contributed by atoms with E-state index in [-0.39, 0.29) is 11.9 Å². The number of hydrogen-bond acceptors (Lipinski definition) is 3. The Balaban J connectivity index is 4.18. The number of carbonyl (C=O) groups is 1. The van der Waals surface area contributed by atoms with Crippen LogP contribution in [0.25, 0.3) is 0 Å². The fourth-order valence-electron chi connectivity index (χ4n) is 1.49. The quantitative estimate of drug-likeness (QED) is 0.690. The molecule has 0 bridgehead atoms. The van der Waals surface area contributed by atoms with Crippen LogP contribution >= 0.6 is 11.8 Å². The van der Waals surface area contributed by atoms with Crippen molar-refractivity contribution in [2.24, 2.45) is 5.73 Å². The molecule has 0 saturated carbocycles. The third-order valence-electron chi connectivity index (χ3n) is 2.73. The smallest absolute Gasteiger partial charge is 0.237 e. The molecule has 0 aliphatic carbocycles. The van der Waals surface area contributed by atoms with Gasteiger partial charge in [0.05, 0.1) is 5.54 Å². The van der Waals surface area contributed by atoms with Crippen LogP contribution in [0, 0.1) is 0 Å². The van der Waals surface area contributed by atoms with Gasteiger partial charge in [0.2, 0.25) is 5.91 Å². The van der Waals surface area contributed by atoms with Crippen LogP contribution in [0.4, 0.5) is 0 Å².